The number of benzene rings is 2. The van der Waals surface area contributed by atoms with Crippen LogP contribution in [0.15, 0.2) is 42.5 Å². The Morgan fingerprint density at radius 1 is 1.14 bits per heavy atom. The lowest BCUT2D eigenvalue weighted by molar-refractivity contribution is -0.133. The van der Waals surface area contributed by atoms with Crippen LogP contribution in [-0.4, -0.2) is 75.1 Å². The number of ether oxygens (including phenoxy) is 1. The van der Waals surface area contributed by atoms with Crippen molar-refractivity contribution in [2.75, 3.05) is 32.8 Å². The van der Waals surface area contributed by atoms with E-state index >= 15 is 0 Å². The van der Waals surface area contributed by atoms with E-state index in [0.717, 1.165) is 59.5 Å². The summed E-state index contributed by atoms with van der Waals surface area (Å²) in [5.74, 6) is 0.748. The van der Waals surface area contributed by atoms with Gasteiger partial charge in [0.2, 0.25) is 0 Å². The van der Waals surface area contributed by atoms with Crippen molar-refractivity contribution in [1.29, 1.82) is 0 Å². The molecule has 0 bridgehead atoms. The Labute approximate surface area is 210 Å². The lowest BCUT2D eigenvalue weighted by atomic mass is 9.81. The van der Waals surface area contributed by atoms with Crippen molar-refractivity contribution in [2.45, 2.75) is 44.7 Å². The number of imide groups is 1. The number of likely N-dealkylation sites (tertiary alicyclic amines) is 1. The van der Waals surface area contributed by atoms with Crippen LogP contribution in [0.3, 0.4) is 0 Å². The second-order valence-electron chi connectivity index (χ2n) is 10.3. The van der Waals surface area contributed by atoms with Crippen LogP contribution in [0.25, 0.3) is 10.9 Å². The molecule has 0 saturated carbocycles. The molecule has 2 fully saturated rings. The summed E-state index contributed by atoms with van der Waals surface area (Å²) in [7, 11) is 0. The Balaban J connectivity index is 1.44. The molecule has 3 aliphatic heterocycles. The van der Waals surface area contributed by atoms with Gasteiger partial charge in [0, 0.05) is 29.6 Å². The Hall–Kier alpha value is -3.52. The molecule has 3 aromatic rings. The number of rotatable bonds is 7. The molecule has 0 aliphatic carbocycles. The number of nitrogens with one attached hydrogen (secondary N) is 1. The number of urea groups is 1. The van der Waals surface area contributed by atoms with Gasteiger partial charge in [0.05, 0.1) is 6.61 Å². The van der Waals surface area contributed by atoms with Crippen LogP contribution in [0.1, 0.15) is 49.6 Å². The molecule has 3 aliphatic rings. The van der Waals surface area contributed by atoms with E-state index in [9.17, 15) is 14.7 Å². The third-order valence-corrected chi connectivity index (χ3v) is 7.94. The third-order valence-electron chi connectivity index (χ3n) is 7.94. The Bertz CT molecular complexity index is 1350. The van der Waals surface area contributed by atoms with E-state index in [1.807, 2.05) is 38.1 Å². The first-order chi connectivity index (χ1) is 17.4. The third kappa shape index (κ3) is 3.46. The van der Waals surface area contributed by atoms with Crippen LogP contribution in [0, 0.1) is 0 Å². The number of aromatic amines is 1. The number of phenolic OH excluding ortho intramolecular Hbond substituents is 1. The number of phenols is 1. The summed E-state index contributed by atoms with van der Waals surface area (Å²) in [6.45, 7) is 7.89. The van der Waals surface area contributed by atoms with Gasteiger partial charge < -0.3 is 19.7 Å². The van der Waals surface area contributed by atoms with E-state index in [1.165, 1.54) is 11.3 Å². The lowest BCUT2D eigenvalue weighted by Crippen LogP contribution is -2.53. The zero-order chi connectivity index (χ0) is 25.0. The van der Waals surface area contributed by atoms with E-state index in [2.05, 4.69) is 9.88 Å². The van der Waals surface area contributed by atoms with Crippen molar-refractivity contribution < 1.29 is 19.4 Å². The highest BCUT2D eigenvalue weighted by Gasteiger charge is 2.60. The zero-order valence-corrected chi connectivity index (χ0v) is 20.8. The molecule has 4 heterocycles. The van der Waals surface area contributed by atoms with Crippen molar-refractivity contribution in [3.8, 4) is 11.5 Å². The van der Waals surface area contributed by atoms with Gasteiger partial charge in [-0.25, -0.2) is 4.79 Å². The molecule has 0 spiro atoms. The molecule has 2 N–H and O–H groups in total. The summed E-state index contributed by atoms with van der Waals surface area (Å²) in [4.78, 5) is 36.8. The van der Waals surface area contributed by atoms with E-state index in [0.29, 0.717) is 19.6 Å². The first kappa shape index (κ1) is 22.9. The SMILES string of the molecule is CCOc1ccc2[nH]c3c(c2c1)CC1(C)C(=O)N(CCCN2CCC2)C(=O)N1C3c1cccc(O)c1. The predicted octanol–water partition coefficient (Wildman–Crippen LogP) is 4.04. The van der Waals surface area contributed by atoms with Gasteiger partial charge in [0.15, 0.2) is 0 Å². The van der Waals surface area contributed by atoms with Crippen molar-refractivity contribution in [2.24, 2.45) is 0 Å². The fourth-order valence-electron chi connectivity index (χ4n) is 6.04. The van der Waals surface area contributed by atoms with Crippen LogP contribution in [0.5, 0.6) is 11.5 Å². The predicted molar refractivity (Wildman–Crippen MR) is 136 cm³/mol. The minimum atomic E-state index is -1.02. The van der Waals surface area contributed by atoms with Gasteiger partial charge in [-0.3, -0.25) is 14.6 Å². The second kappa shape index (κ2) is 8.55. The van der Waals surface area contributed by atoms with Crippen LogP contribution >= 0.6 is 0 Å². The van der Waals surface area contributed by atoms with Gasteiger partial charge in [-0.1, -0.05) is 12.1 Å². The minimum absolute atomic E-state index is 0.125. The number of aromatic hydroxyl groups is 1. The number of nitrogens with zero attached hydrogens (tertiary/aromatic N) is 3. The smallest absolute Gasteiger partial charge is 0.328 e. The van der Waals surface area contributed by atoms with Crippen LogP contribution < -0.4 is 4.74 Å². The number of aromatic nitrogens is 1. The highest BCUT2D eigenvalue weighted by molar-refractivity contribution is 6.08. The quantitative estimate of drug-likeness (QED) is 0.490. The van der Waals surface area contributed by atoms with E-state index < -0.39 is 11.6 Å². The fraction of sp³-hybridized carbons (Fsp3) is 0.429. The number of fused-ring (bicyclic) bond motifs is 4. The first-order valence-electron chi connectivity index (χ1n) is 12.8. The van der Waals surface area contributed by atoms with E-state index in [4.69, 9.17) is 4.74 Å². The van der Waals surface area contributed by atoms with Gasteiger partial charge in [0.1, 0.15) is 23.1 Å². The van der Waals surface area contributed by atoms with E-state index in [-0.39, 0.29) is 17.7 Å². The van der Waals surface area contributed by atoms with Gasteiger partial charge in [0.25, 0.3) is 5.91 Å². The molecule has 2 saturated heterocycles. The molecule has 3 amide bonds. The molecular formula is C28H32N4O4. The molecule has 2 atom stereocenters. The lowest BCUT2D eigenvalue weighted by Gasteiger charge is -2.42. The number of carbonyl (C=O) groups is 2. The maximum Gasteiger partial charge on any atom is 0.328 e. The largest absolute Gasteiger partial charge is 0.508 e. The van der Waals surface area contributed by atoms with Crippen LogP contribution in [0.2, 0.25) is 0 Å². The summed E-state index contributed by atoms with van der Waals surface area (Å²) < 4.78 is 5.76. The van der Waals surface area contributed by atoms with Crippen molar-refractivity contribution >= 4 is 22.8 Å². The van der Waals surface area contributed by atoms with Gasteiger partial charge in [-0.05, 0) is 87.8 Å². The molecule has 188 valence electrons. The molecule has 6 rings (SSSR count). The Kier molecular flexibility index (Phi) is 5.44. The molecule has 8 nitrogen and oxygen atoms in total. The summed E-state index contributed by atoms with van der Waals surface area (Å²) in [5, 5.41) is 11.3. The number of hydrogen-bond acceptors (Lipinski definition) is 5. The average Bonchev–Trinajstić information content (AvgIpc) is 3.26. The average molecular weight is 489 g/mol. The summed E-state index contributed by atoms with van der Waals surface area (Å²) >= 11 is 0. The highest BCUT2D eigenvalue weighted by Crippen LogP contribution is 2.49. The molecule has 36 heavy (non-hydrogen) atoms. The molecule has 2 aromatic carbocycles. The molecule has 0 radical (unpaired) electrons. The maximum absolute atomic E-state index is 13.9. The normalized spacial score (nSPS) is 23.7. The number of H-pyrrole nitrogens is 1. The topological polar surface area (TPSA) is 89.1 Å². The van der Waals surface area contributed by atoms with Crippen molar-refractivity contribution in [1.82, 2.24) is 19.7 Å². The second-order valence-corrected chi connectivity index (χ2v) is 10.3. The first-order valence-corrected chi connectivity index (χ1v) is 12.8. The summed E-state index contributed by atoms with van der Waals surface area (Å²) in [5.41, 5.74) is 2.58. The summed E-state index contributed by atoms with van der Waals surface area (Å²) in [6.07, 6.45) is 2.40. The van der Waals surface area contributed by atoms with Crippen molar-refractivity contribution in [3.63, 3.8) is 0 Å². The minimum Gasteiger partial charge on any atom is -0.508 e. The van der Waals surface area contributed by atoms with Crippen LogP contribution in [-0.2, 0) is 11.2 Å². The number of hydrogen-bond donors (Lipinski definition) is 2. The molecule has 2 unspecified atom stereocenters. The highest BCUT2D eigenvalue weighted by atomic mass is 16.5. The number of amides is 3. The number of carbonyl (C=O) groups excluding carboxylic acids is 2. The zero-order valence-electron chi connectivity index (χ0n) is 20.8. The monoisotopic (exact) mass is 488 g/mol. The Morgan fingerprint density at radius 3 is 2.69 bits per heavy atom. The van der Waals surface area contributed by atoms with Gasteiger partial charge >= 0.3 is 6.03 Å². The Morgan fingerprint density at radius 2 is 1.97 bits per heavy atom. The van der Waals surface area contributed by atoms with Crippen LogP contribution in [0.4, 0.5) is 4.79 Å². The van der Waals surface area contributed by atoms with E-state index in [1.54, 1.807) is 23.1 Å². The standard InChI is InChI=1S/C28H32N4O4/c1-3-36-20-9-10-23-21(16-20)22-17-28(2)26(34)31(14-6-13-30-11-5-12-30)27(35)32(28)25(24(22)29-23)18-7-4-8-19(33)15-18/h4,7-10,15-16,25,29,33H,3,5-6,11-14,17H2,1-2H3. The molecule has 1 aromatic heterocycles. The fourth-order valence-corrected chi connectivity index (χ4v) is 6.04. The molecule has 8 heteroatoms. The maximum atomic E-state index is 13.9. The van der Waals surface area contributed by atoms with Gasteiger partial charge in [-0.2, -0.15) is 0 Å². The summed E-state index contributed by atoms with van der Waals surface area (Å²) in [6, 6.07) is 12.1. The van der Waals surface area contributed by atoms with Crippen molar-refractivity contribution in [3.05, 3.63) is 59.3 Å². The molecular weight excluding hydrogens is 456 g/mol. The van der Waals surface area contributed by atoms with Gasteiger partial charge in [-0.15, -0.1) is 0 Å².